The molecule has 0 bridgehead atoms. The molecule has 3 fully saturated rings. The monoisotopic (exact) mass is 460 g/mol. The highest BCUT2D eigenvalue weighted by atomic mass is 16.5. The van der Waals surface area contributed by atoms with Gasteiger partial charge in [0.05, 0.1) is 11.7 Å². The third-order valence-electron chi connectivity index (χ3n) is 10.7. The molecule has 4 aliphatic carbocycles. The molecule has 8 atom stereocenters. The molecule has 0 spiro atoms. The second-order valence-corrected chi connectivity index (χ2v) is 13.0. The molecule has 0 saturated heterocycles. The molecule has 4 rings (SSSR count). The Morgan fingerprint density at radius 1 is 1.09 bits per heavy atom. The zero-order valence-electron chi connectivity index (χ0n) is 22.0. The summed E-state index contributed by atoms with van der Waals surface area (Å²) >= 11 is 0. The van der Waals surface area contributed by atoms with Gasteiger partial charge >= 0.3 is 5.97 Å². The highest BCUT2D eigenvalue weighted by molar-refractivity contribution is 5.66. The fourth-order valence-corrected chi connectivity index (χ4v) is 8.76. The summed E-state index contributed by atoms with van der Waals surface area (Å²) in [4.78, 5) is 11.5. The number of hydrogen-bond donors (Lipinski definition) is 2. The SMILES string of the molecule is CC(=O)O[C@H]1CC[C@@]2(C)C(CCC3=C4[C@@H](O)C[C@H]([C@H](C)CCCC(C)C)[C@@]4(C)CC[C@@]32O)C1. The van der Waals surface area contributed by atoms with Crippen molar-refractivity contribution in [2.45, 2.75) is 130 Å². The number of hydrogen-bond acceptors (Lipinski definition) is 4. The summed E-state index contributed by atoms with van der Waals surface area (Å²) in [5, 5.41) is 23.7. The molecule has 4 heteroatoms. The Morgan fingerprint density at radius 3 is 2.48 bits per heavy atom. The third-order valence-corrected chi connectivity index (χ3v) is 10.7. The van der Waals surface area contributed by atoms with Gasteiger partial charge in [-0.2, -0.15) is 0 Å². The Bertz CT molecular complexity index is 786. The summed E-state index contributed by atoms with van der Waals surface area (Å²) in [6, 6.07) is 0. The third kappa shape index (κ3) is 4.11. The van der Waals surface area contributed by atoms with Crippen molar-refractivity contribution in [3.8, 4) is 0 Å². The van der Waals surface area contributed by atoms with Crippen molar-refractivity contribution in [2.24, 2.45) is 34.5 Å². The van der Waals surface area contributed by atoms with Crippen LogP contribution in [-0.2, 0) is 9.53 Å². The largest absolute Gasteiger partial charge is 0.463 e. The predicted molar refractivity (Wildman–Crippen MR) is 132 cm³/mol. The van der Waals surface area contributed by atoms with Gasteiger partial charge in [0.1, 0.15) is 6.10 Å². The van der Waals surface area contributed by atoms with Gasteiger partial charge in [-0.3, -0.25) is 4.79 Å². The molecule has 3 saturated carbocycles. The van der Waals surface area contributed by atoms with Crippen LogP contribution in [0.5, 0.6) is 0 Å². The van der Waals surface area contributed by atoms with Gasteiger partial charge in [-0.05, 0) is 91.6 Å². The van der Waals surface area contributed by atoms with E-state index in [1.807, 2.05) is 0 Å². The first-order chi connectivity index (χ1) is 15.4. The van der Waals surface area contributed by atoms with E-state index in [0.717, 1.165) is 57.3 Å². The second kappa shape index (κ2) is 8.97. The average Bonchev–Trinajstić information content (AvgIpc) is 2.99. The number of aliphatic hydroxyl groups excluding tert-OH is 1. The van der Waals surface area contributed by atoms with Crippen molar-refractivity contribution in [2.75, 3.05) is 0 Å². The van der Waals surface area contributed by atoms with Gasteiger partial charge in [0.15, 0.2) is 0 Å². The number of rotatable bonds is 6. The van der Waals surface area contributed by atoms with Gasteiger partial charge in [0.2, 0.25) is 0 Å². The van der Waals surface area contributed by atoms with E-state index < -0.39 is 11.7 Å². The van der Waals surface area contributed by atoms with Gasteiger partial charge in [-0.25, -0.2) is 0 Å². The van der Waals surface area contributed by atoms with Crippen LogP contribution in [0.1, 0.15) is 112 Å². The smallest absolute Gasteiger partial charge is 0.302 e. The van der Waals surface area contributed by atoms with E-state index in [0.29, 0.717) is 17.8 Å². The van der Waals surface area contributed by atoms with E-state index in [1.54, 1.807) is 0 Å². The van der Waals surface area contributed by atoms with E-state index in [-0.39, 0.29) is 22.9 Å². The van der Waals surface area contributed by atoms with Crippen LogP contribution in [0.3, 0.4) is 0 Å². The molecule has 0 aromatic rings. The van der Waals surface area contributed by atoms with Crippen molar-refractivity contribution in [3.63, 3.8) is 0 Å². The molecule has 4 nitrogen and oxygen atoms in total. The van der Waals surface area contributed by atoms with Gasteiger partial charge < -0.3 is 14.9 Å². The zero-order valence-corrected chi connectivity index (χ0v) is 22.0. The molecule has 1 unspecified atom stereocenters. The molecule has 0 aliphatic heterocycles. The first-order valence-electron chi connectivity index (χ1n) is 13.7. The zero-order chi connectivity index (χ0) is 24.2. The maximum atomic E-state index is 12.3. The van der Waals surface area contributed by atoms with Crippen molar-refractivity contribution in [1.29, 1.82) is 0 Å². The standard InChI is InChI=1S/C29H48O4/c1-18(2)8-7-9-19(3)24-17-25(31)26-23-11-10-21-16-22(33-20(4)30)12-13-28(21,6)29(23,32)15-14-27(24,26)5/h18-19,21-22,24-25,31-32H,7-17H2,1-6H3/t19-,21?,22+,24-,25+,27-,28+,29-/m1/s1. The number of carbonyl (C=O) groups is 1. The van der Waals surface area contributed by atoms with Crippen molar-refractivity contribution >= 4 is 5.97 Å². The van der Waals surface area contributed by atoms with Crippen LogP contribution in [0.4, 0.5) is 0 Å². The summed E-state index contributed by atoms with van der Waals surface area (Å²) in [6.07, 6.45) is 10.4. The number of carbonyl (C=O) groups excluding carboxylic acids is 1. The second-order valence-electron chi connectivity index (χ2n) is 13.0. The molecule has 0 radical (unpaired) electrons. The van der Waals surface area contributed by atoms with Crippen LogP contribution in [0, 0.1) is 34.5 Å². The molecular formula is C29H48O4. The maximum Gasteiger partial charge on any atom is 0.302 e. The highest BCUT2D eigenvalue weighted by Crippen LogP contribution is 2.67. The Hall–Kier alpha value is -0.870. The quantitative estimate of drug-likeness (QED) is 0.366. The molecule has 0 heterocycles. The first-order valence-corrected chi connectivity index (χ1v) is 13.7. The number of esters is 1. The minimum atomic E-state index is -0.831. The van der Waals surface area contributed by atoms with E-state index in [4.69, 9.17) is 4.74 Å². The maximum absolute atomic E-state index is 12.3. The Morgan fingerprint density at radius 2 is 1.82 bits per heavy atom. The lowest BCUT2D eigenvalue weighted by atomic mass is 9.46. The Balaban J connectivity index is 1.60. The fourth-order valence-electron chi connectivity index (χ4n) is 8.76. The molecule has 2 N–H and O–H groups in total. The molecule has 0 aromatic carbocycles. The van der Waals surface area contributed by atoms with E-state index in [1.165, 1.54) is 37.3 Å². The lowest BCUT2D eigenvalue weighted by molar-refractivity contribution is -0.168. The summed E-state index contributed by atoms with van der Waals surface area (Å²) in [7, 11) is 0. The van der Waals surface area contributed by atoms with Crippen LogP contribution in [0.25, 0.3) is 0 Å². The summed E-state index contributed by atoms with van der Waals surface area (Å²) < 4.78 is 5.57. The molecule has 33 heavy (non-hydrogen) atoms. The number of ether oxygens (including phenoxy) is 1. The van der Waals surface area contributed by atoms with E-state index in [2.05, 4.69) is 34.6 Å². The predicted octanol–water partition coefficient (Wildman–Crippen LogP) is 6.19. The Kier molecular flexibility index (Phi) is 6.86. The van der Waals surface area contributed by atoms with E-state index >= 15 is 0 Å². The van der Waals surface area contributed by atoms with Gasteiger partial charge in [-0.1, -0.05) is 53.9 Å². The molecule has 188 valence electrons. The number of aliphatic hydroxyl groups is 2. The summed E-state index contributed by atoms with van der Waals surface area (Å²) in [5.74, 6) is 2.00. The van der Waals surface area contributed by atoms with Crippen LogP contribution < -0.4 is 0 Å². The molecule has 0 amide bonds. The normalized spacial score (nSPS) is 43.7. The molecular weight excluding hydrogens is 412 g/mol. The lowest BCUT2D eigenvalue weighted by Crippen LogP contribution is -2.60. The first kappa shape index (κ1) is 25.2. The fraction of sp³-hybridized carbons (Fsp3) is 0.897. The van der Waals surface area contributed by atoms with E-state index in [9.17, 15) is 15.0 Å². The van der Waals surface area contributed by atoms with Crippen molar-refractivity contribution in [1.82, 2.24) is 0 Å². The molecule has 0 aromatic heterocycles. The van der Waals surface area contributed by atoms with Crippen molar-refractivity contribution < 1.29 is 19.7 Å². The van der Waals surface area contributed by atoms with Gasteiger partial charge in [0.25, 0.3) is 0 Å². The number of fused-ring (bicyclic) bond motifs is 4. The minimum Gasteiger partial charge on any atom is -0.463 e. The lowest BCUT2D eigenvalue weighted by Gasteiger charge is -2.61. The van der Waals surface area contributed by atoms with Crippen LogP contribution in [0.15, 0.2) is 11.1 Å². The van der Waals surface area contributed by atoms with Gasteiger partial charge in [-0.15, -0.1) is 0 Å². The van der Waals surface area contributed by atoms with Crippen LogP contribution >= 0.6 is 0 Å². The molecule has 4 aliphatic rings. The highest BCUT2D eigenvalue weighted by Gasteiger charge is 2.64. The minimum absolute atomic E-state index is 0.0103. The van der Waals surface area contributed by atoms with Crippen LogP contribution in [0.2, 0.25) is 0 Å². The topological polar surface area (TPSA) is 66.8 Å². The Labute approximate surface area is 201 Å². The summed E-state index contributed by atoms with van der Waals surface area (Å²) in [5.41, 5.74) is 1.37. The van der Waals surface area contributed by atoms with Crippen molar-refractivity contribution in [3.05, 3.63) is 11.1 Å². The summed E-state index contributed by atoms with van der Waals surface area (Å²) in [6.45, 7) is 13.2. The van der Waals surface area contributed by atoms with Crippen LogP contribution in [-0.4, -0.2) is 34.0 Å². The van der Waals surface area contributed by atoms with Gasteiger partial charge in [0, 0.05) is 12.3 Å². The average molecular weight is 461 g/mol.